The molecule has 0 fully saturated rings. The summed E-state index contributed by atoms with van der Waals surface area (Å²) >= 11 is 1.40. The SMILES string of the molecule is CCCN(Cc1ccc(-c2cc3nccc(Oc4ccc(CC(=O)CC(=O)Cc5cccc(S(C)(=O)=O)c5)cc4F)c3s2)nc1)C(=O)OC(C)(C)C. The number of fused-ring (bicyclic) bond motifs is 1. The lowest BCUT2D eigenvalue weighted by Gasteiger charge is -2.27. The van der Waals surface area contributed by atoms with Crippen molar-refractivity contribution in [1.82, 2.24) is 14.9 Å². The van der Waals surface area contributed by atoms with E-state index in [9.17, 15) is 22.8 Å². The van der Waals surface area contributed by atoms with Gasteiger partial charge in [-0.1, -0.05) is 31.2 Å². The summed E-state index contributed by atoms with van der Waals surface area (Å²) in [4.78, 5) is 49.6. The monoisotopic (exact) mass is 745 g/mol. The van der Waals surface area contributed by atoms with Crippen LogP contribution in [0.5, 0.6) is 11.5 Å². The molecule has 0 aliphatic carbocycles. The molecule has 52 heavy (non-hydrogen) atoms. The second kappa shape index (κ2) is 16.1. The molecule has 1 amide bonds. The Morgan fingerprint density at radius 2 is 1.60 bits per heavy atom. The van der Waals surface area contributed by atoms with Crippen molar-refractivity contribution in [2.45, 2.75) is 70.4 Å². The number of pyridine rings is 2. The molecule has 3 heterocycles. The lowest BCUT2D eigenvalue weighted by molar-refractivity contribution is -0.126. The standard InChI is InChI=1S/C39H40FN3O7S2/c1-6-16-43(38(46)50-39(2,3)4)24-27-10-12-32(42-23-27)36-22-33-37(51-36)35(14-15-41-33)49-34-13-11-26(20-31(34)40)18-29(45)21-28(44)17-25-8-7-9-30(19-25)52(5,47)48/h7-15,19-20,22-23H,6,16-18,21,24H2,1-5H3. The van der Waals surface area contributed by atoms with Crippen LogP contribution in [0.3, 0.4) is 0 Å². The zero-order valence-electron chi connectivity index (χ0n) is 29.6. The molecule has 0 atom stereocenters. The van der Waals surface area contributed by atoms with Gasteiger partial charge in [0.2, 0.25) is 0 Å². The number of nitrogens with zero attached hydrogens (tertiary/aromatic N) is 3. The van der Waals surface area contributed by atoms with Crippen LogP contribution < -0.4 is 4.74 Å². The third-order valence-electron chi connectivity index (χ3n) is 7.71. The molecule has 5 aromatic rings. The molecule has 10 nitrogen and oxygen atoms in total. The van der Waals surface area contributed by atoms with E-state index in [1.807, 2.05) is 45.9 Å². The molecule has 0 aliphatic rings. The number of benzene rings is 2. The summed E-state index contributed by atoms with van der Waals surface area (Å²) in [7, 11) is -3.43. The normalized spacial score (nSPS) is 11.7. The molecular weight excluding hydrogens is 706 g/mol. The largest absolute Gasteiger partial charge is 0.453 e. The minimum Gasteiger partial charge on any atom is -0.453 e. The quantitative estimate of drug-likeness (QED) is 0.103. The highest BCUT2D eigenvalue weighted by molar-refractivity contribution is 7.90. The molecule has 13 heteroatoms. The maximum Gasteiger partial charge on any atom is 0.410 e. The van der Waals surface area contributed by atoms with Crippen LogP contribution in [0.15, 0.2) is 84.0 Å². The molecule has 2 aromatic carbocycles. The van der Waals surface area contributed by atoms with Crippen molar-refractivity contribution < 1.29 is 36.7 Å². The first kappa shape index (κ1) is 38.2. The van der Waals surface area contributed by atoms with E-state index < -0.39 is 21.3 Å². The van der Waals surface area contributed by atoms with Crippen LogP contribution in [0.25, 0.3) is 20.8 Å². The molecule has 0 saturated heterocycles. The van der Waals surface area contributed by atoms with E-state index >= 15 is 4.39 Å². The number of thiophene rings is 1. The Hall–Kier alpha value is -5.01. The second-order valence-electron chi connectivity index (χ2n) is 13.5. The van der Waals surface area contributed by atoms with Crippen molar-refractivity contribution in [2.24, 2.45) is 0 Å². The fraction of sp³-hybridized carbons (Fsp3) is 0.308. The highest BCUT2D eigenvalue weighted by Gasteiger charge is 2.22. The zero-order valence-corrected chi connectivity index (χ0v) is 31.3. The summed E-state index contributed by atoms with van der Waals surface area (Å²) in [5.74, 6) is -1.06. The number of hydrogen-bond donors (Lipinski definition) is 0. The number of halogens is 1. The minimum absolute atomic E-state index is 0.0374. The third-order valence-corrected chi connectivity index (χ3v) is 9.98. The van der Waals surface area contributed by atoms with Crippen LogP contribution in [-0.2, 0) is 43.5 Å². The summed E-state index contributed by atoms with van der Waals surface area (Å²) in [5.41, 5.74) is 2.50. The zero-order chi connectivity index (χ0) is 37.6. The van der Waals surface area contributed by atoms with Gasteiger partial charge in [0.05, 0.1) is 38.6 Å². The van der Waals surface area contributed by atoms with E-state index in [1.165, 1.54) is 35.6 Å². The van der Waals surface area contributed by atoms with Gasteiger partial charge in [-0.25, -0.2) is 17.6 Å². The Balaban J connectivity index is 1.22. The molecule has 0 bridgehead atoms. The summed E-state index contributed by atoms with van der Waals surface area (Å²) in [6.07, 6.45) is 4.20. The van der Waals surface area contributed by atoms with Gasteiger partial charge in [-0.3, -0.25) is 19.6 Å². The fourth-order valence-corrected chi connectivity index (χ4v) is 7.11. The molecule has 3 aromatic heterocycles. The predicted molar refractivity (Wildman–Crippen MR) is 198 cm³/mol. The average Bonchev–Trinajstić information content (AvgIpc) is 3.50. The molecule has 0 N–H and O–H groups in total. The van der Waals surface area contributed by atoms with Crippen LogP contribution in [0.2, 0.25) is 0 Å². The van der Waals surface area contributed by atoms with Crippen molar-refractivity contribution in [3.05, 3.63) is 102 Å². The number of ether oxygens (including phenoxy) is 2. The van der Waals surface area contributed by atoms with Gasteiger partial charge in [0.1, 0.15) is 22.9 Å². The summed E-state index contributed by atoms with van der Waals surface area (Å²) in [6, 6.07) is 17.6. The maximum absolute atomic E-state index is 15.2. The lowest BCUT2D eigenvalue weighted by Crippen LogP contribution is -2.36. The van der Waals surface area contributed by atoms with Crippen LogP contribution in [0, 0.1) is 5.82 Å². The summed E-state index contributed by atoms with van der Waals surface area (Å²) in [5, 5.41) is 0. The molecule has 0 aliphatic heterocycles. The Morgan fingerprint density at radius 3 is 2.23 bits per heavy atom. The van der Waals surface area contributed by atoms with Crippen LogP contribution in [0.4, 0.5) is 9.18 Å². The molecule has 0 radical (unpaired) electrons. The maximum atomic E-state index is 15.2. The Morgan fingerprint density at radius 1 is 0.885 bits per heavy atom. The molecule has 0 saturated carbocycles. The Bertz CT molecular complexity index is 2210. The van der Waals surface area contributed by atoms with Gasteiger partial charge in [0, 0.05) is 44.1 Å². The molecular formula is C39H40FN3O7S2. The number of carbonyl (C=O) groups excluding carboxylic acids is 3. The molecule has 5 rings (SSSR count). The number of aromatic nitrogens is 2. The van der Waals surface area contributed by atoms with Crippen molar-refractivity contribution in [1.29, 1.82) is 0 Å². The Kier molecular flexibility index (Phi) is 11.9. The number of ketones is 2. The average molecular weight is 746 g/mol. The van der Waals surface area contributed by atoms with Crippen molar-refractivity contribution in [3.8, 4) is 22.1 Å². The smallest absolute Gasteiger partial charge is 0.410 e. The van der Waals surface area contributed by atoms with Gasteiger partial charge in [-0.2, -0.15) is 0 Å². The van der Waals surface area contributed by atoms with E-state index in [0.29, 0.717) is 45.9 Å². The van der Waals surface area contributed by atoms with Crippen molar-refractivity contribution in [2.75, 3.05) is 12.8 Å². The lowest BCUT2D eigenvalue weighted by atomic mass is 10.0. The van der Waals surface area contributed by atoms with E-state index in [-0.39, 0.29) is 47.6 Å². The van der Waals surface area contributed by atoms with Crippen LogP contribution >= 0.6 is 11.3 Å². The summed E-state index contributed by atoms with van der Waals surface area (Å²) in [6.45, 7) is 8.43. The first-order valence-electron chi connectivity index (χ1n) is 16.7. The molecule has 0 spiro atoms. The van der Waals surface area contributed by atoms with Gasteiger partial charge >= 0.3 is 6.09 Å². The van der Waals surface area contributed by atoms with Crippen molar-refractivity contribution >= 4 is 49.1 Å². The highest BCUT2D eigenvalue weighted by Crippen LogP contribution is 2.39. The number of rotatable bonds is 14. The second-order valence-corrected chi connectivity index (χ2v) is 16.5. The van der Waals surface area contributed by atoms with Crippen LogP contribution in [0.1, 0.15) is 57.2 Å². The van der Waals surface area contributed by atoms with E-state index in [1.54, 1.807) is 41.6 Å². The fourth-order valence-electron chi connectivity index (χ4n) is 5.38. The number of hydrogen-bond acceptors (Lipinski definition) is 10. The van der Waals surface area contributed by atoms with Gasteiger partial charge in [0.25, 0.3) is 0 Å². The third kappa shape index (κ3) is 10.3. The number of sulfone groups is 1. The van der Waals surface area contributed by atoms with E-state index in [4.69, 9.17) is 9.47 Å². The van der Waals surface area contributed by atoms with Crippen molar-refractivity contribution in [3.63, 3.8) is 0 Å². The Labute approximate surface area is 306 Å². The molecule has 272 valence electrons. The van der Waals surface area contributed by atoms with Gasteiger partial charge in [-0.05, 0) is 80.3 Å². The number of amides is 1. The van der Waals surface area contributed by atoms with E-state index in [0.717, 1.165) is 23.1 Å². The first-order valence-corrected chi connectivity index (χ1v) is 19.4. The first-order chi connectivity index (χ1) is 24.6. The molecule has 0 unspecified atom stereocenters. The summed E-state index contributed by atoms with van der Waals surface area (Å²) < 4.78 is 51.1. The number of carbonyl (C=O) groups is 3. The minimum atomic E-state index is -3.43. The topological polar surface area (TPSA) is 133 Å². The van der Waals surface area contributed by atoms with Gasteiger partial charge in [0.15, 0.2) is 21.4 Å². The van der Waals surface area contributed by atoms with E-state index in [2.05, 4.69) is 9.97 Å². The van der Waals surface area contributed by atoms with Crippen LogP contribution in [-0.4, -0.2) is 59.3 Å². The van der Waals surface area contributed by atoms with Gasteiger partial charge in [-0.15, -0.1) is 11.3 Å². The number of Topliss-reactive ketones (excluding diaryl/α,β-unsaturated/α-hetero) is 2. The highest BCUT2D eigenvalue weighted by atomic mass is 32.2. The van der Waals surface area contributed by atoms with Gasteiger partial charge < -0.3 is 14.4 Å². The predicted octanol–water partition coefficient (Wildman–Crippen LogP) is 8.15.